The predicted molar refractivity (Wildman–Crippen MR) is 72.1 cm³/mol. The van der Waals surface area contributed by atoms with Gasteiger partial charge in [0.15, 0.2) is 5.82 Å². The Kier molecular flexibility index (Phi) is 5.46. The second kappa shape index (κ2) is 7.33. The van der Waals surface area contributed by atoms with E-state index in [2.05, 4.69) is 15.5 Å². The lowest BCUT2D eigenvalue weighted by Gasteiger charge is -2.02. The van der Waals surface area contributed by atoms with Crippen molar-refractivity contribution in [1.29, 1.82) is 0 Å². The van der Waals surface area contributed by atoms with Crippen LogP contribution in [0.3, 0.4) is 0 Å². The Balaban J connectivity index is 1.96. The molecule has 0 atom stereocenters. The molecule has 0 aliphatic carbocycles. The molecule has 0 saturated heterocycles. The van der Waals surface area contributed by atoms with Crippen LogP contribution >= 0.6 is 11.6 Å². The molecule has 2 aromatic rings. The van der Waals surface area contributed by atoms with Crippen LogP contribution < -0.4 is 5.32 Å². The number of ether oxygens (including phenoxy) is 1. The Morgan fingerprint density at radius 1 is 1.45 bits per heavy atom. The minimum Gasteiger partial charge on any atom is -0.383 e. The monoisotopic (exact) mass is 299 g/mol. The maximum absolute atomic E-state index is 13.6. The molecule has 0 aliphatic rings. The minimum atomic E-state index is -0.373. The third-order valence-electron chi connectivity index (χ3n) is 2.67. The van der Waals surface area contributed by atoms with Crippen LogP contribution in [0.2, 0.25) is 5.02 Å². The number of rotatable bonds is 7. The number of hydrogen-bond donors (Lipinski definition) is 1. The number of nitrogens with one attached hydrogen (secondary N) is 1. The molecule has 0 fully saturated rings. The number of aromatic nitrogens is 2. The molecule has 108 valence electrons. The number of nitrogens with zero attached hydrogens (tertiary/aromatic N) is 2. The van der Waals surface area contributed by atoms with Crippen LogP contribution in [-0.2, 0) is 17.7 Å². The van der Waals surface area contributed by atoms with Gasteiger partial charge in [0, 0.05) is 30.7 Å². The largest absolute Gasteiger partial charge is 0.383 e. The highest BCUT2D eigenvalue weighted by Crippen LogP contribution is 2.21. The molecular formula is C13H15ClFN3O2. The lowest BCUT2D eigenvalue weighted by atomic mass is 10.1. The summed E-state index contributed by atoms with van der Waals surface area (Å²) in [7, 11) is 1.63. The number of hydrogen-bond acceptors (Lipinski definition) is 5. The maximum Gasteiger partial charge on any atom is 0.240 e. The van der Waals surface area contributed by atoms with E-state index in [0.29, 0.717) is 42.0 Å². The van der Waals surface area contributed by atoms with E-state index in [1.807, 2.05) is 0 Å². The van der Waals surface area contributed by atoms with Crippen LogP contribution in [-0.4, -0.2) is 30.4 Å². The van der Waals surface area contributed by atoms with Gasteiger partial charge in [-0.15, -0.1) is 0 Å². The Morgan fingerprint density at radius 2 is 2.30 bits per heavy atom. The minimum absolute atomic E-state index is 0.201. The van der Waals surface area contributed by atoms with Crippen LogP contribution in [0.4, 0.5) is 4.39 Å². The van der Waals surface area contributed by atoms with E-state index in [9.17, 15) is 4.39 Å². The topological polar surface area (TPSA) is 60.2 Å². The van der Waals surface area contributed by atoms with Crippen LogP contribution in [0, 0.1) is 5.82 Å². The van der Waals surface area contributed by atoms with Crippen LogP contribution in [0.1, 0.15) is 17.3 Å². The van der Waals surface area contributed by atoms with Crippen LogP contribution in [0.25, 0.3) is 0 Å². The number of halogens is 2. The molecule has 0 saturated carbocycles. The van der Waals surface area contributed by atoms with Crippen molar-refractivity contribution in [2.24, 2.45) is 0 Å². The summed E-state index contributed by atoms with van der Waals surface area (Å²) in [6.07, 6.45) is 0.201. The Bertz CT molecular complexity index is 542. The van der Waals surface area contributed by atoms with Gasteiger partial charge in [-0.1, -0.05) is 22.8 Å². The summed E-state index contributed by atoms with van der Waals surface area (Å²) in [5.41, 5.74) is 0.369. The fourth-order valence-electron chi connectivity index (χ4n) is 1.66. The summed E-state index contributed by atoms with van der Waals surface area (Å²) < 4.78 is 23.6. The van der Waals surface area contributed by atoms with E-state index < -0.39 is 0 Å². The first-order valence-corrected chi connectivity index (χ1v) is 6.52. The molecule has 1 heterocycles. The van der Waals surface area contributed by atoms with Gasteiger partial charge in [-0.2, -0.15) is 4.98 Å². The van der Waals surface area contributed by atoms with E-state index in [4.69, 9.17) is 20.9 Å². The van der Waals surface area contributed by atoms with Gasteiger partial charge in [0.2, 0.25) is 5.89 Å². The summed E-state index contributed by atoms with van der Waals surface area (Å²) in [5.74, 6) is 0.478. The summed E-state index contributed by atoms with van der Waals surface area (Å²) in [4.78, 5) is 4.18. The highest BCUT2D eigenvalue weighted by molar-refractivity contribution is 6.31. The molecule has 0 spiro atoms. The van der Waals surface area contributed by atoms with Crippen molar-refractivity contribution in [3.8, 4) is 0 Å². The predicted octanol–water partition coefficient (Wildman–Crippen LogP) is 2.19. The highest BCUT2D eigenvalue weighted by Gasteiger charge is 2.12. The number of benzene rings is 1. The second-order valence-corrected chi connectivity index (χ2v) is 4.56. The second-order valence-electron chi connectivity index (χ2n) is 4.15. The lowest BCUT2D eigenvalue weighted by molar-refractivity contribution is 0.197. The van der Waals surface area contributed by atoms with Crippen molar-refractivity contribution >= 4 is 11.6 Å². The normalized spacial score (nSPS) is 10.9. The van der Waals surface area contributed by atoms with Gasteiger partial charge in [0.05, 0.1) is 13.2 Å². The van der Waals surface area contributed by atoms with Gasteiger partial charge >= 0.3 is 0 Å². The zero-order valence-electron chi connectivity index (χ0n) is 11.0. The van der Waals surface area contributed by atoms with Crippen molar-refractivity contribution in [2.75, 3.05) is 20.3 Å². The van der Waals surface area contributed by atoms with Gasteiger partial charge in [-0.3, -0.25) is 0 Å². The van der Waals surface area contributed by atoms with Gasteiger partial charge in [-0.25, -0.2) is 4.39 Å². The highest BCUT2D eigenvalue weighted by atomic mass is 35.5. The SMILES string of the molecule is COCCNCc1nc(Cc2c(F)cccc2Cl)no1. The molecule has 7 heteroatoms. The van der Waals surface area contributed by atoms with E-state index in [1.54, 1.807) is 19.2 Å². The van der Waals surface area contributed by atoms with Gasteiger partial charge in [0.25, 0.3) is 0 Å². The summed E-state index contributed by atoms with van der Waals surface area (Å²) >= 11 is 5.95. The molecule has 0 bridgehead atoms. The summed E-state index contributed by atoms with van der Waals surface area (Å²) in [5, 5.41) is 7.25. The maximum atomic E-state index is 13.6. The number of methoxy groups -OCH3 is 1. The van der Waals surface area contributed by atoms with E-state index in [1.165, 1.54) is 6.07 Å². The van der Waals surface area contributed by atoms with Crippen LogP contribution in [0.15, 0.2) is 22.7 Å². The fraction of sp³-hybridized carbons (Fsp3) is 0.385. The van der Waals surface area contributed by atoms with Crippen molar-refractivity contribution in [1.82, 2.24) is 15.5 Å². The average Bonchev–Trinajstić information content (AvgIpc) is 2.87. The molecule has 0 radical (unpaired) electrons. The standard InChI is InChI=1S/C13H15ClFN3O2/c1-19-6-5-16-8-13-17-12(18-20-13)7-9-10(14)3-2-4-11(9)15/h2-4,16H,5-8H2,1H3. The molecule has 0 aliphatic heterocycles. The zero-order chi connectivity index (χ0) is 14.4. The van der Waals surface area contributed by atoms with Gasteiger partial charge in [0.1, 0.15) is 5.82 Å². The van der Waals surface area contributed by atoms with Gasteiger partial charge in [-0.05, 0) is 12.1 Å². The third kappa shape index (κ3) is 4.00. The molecular weight excluding hydrogens is 285 g/mol. The Labute approximate surface area is 121 Å². The van der Waals surface area contributed by atoms with Crippen LogP contribution in [0.5, 0.6) is 0 Å². The molecule has 0 unspecified atom stereocenters. The molecule has 1 N–H and O–H groups in total. The summed E-state index contributed by atoms with van der Waals surface area (Å²) in [6, 6.07) is 4.55. The quantitative estimate of drug-likeness (QED) is 0.794. The smallest absolute Gasteiger partial charge is 0.240 e. The fourth-order valence-corrected chi connectivity index (χ4v) is 1.89. The molecule has 5 nitrogen and oxygen atoms in total. The third-order valence-corrected chi connectivity index (χ3v) is 3.02. The van der Waals surface area contributed by atoms with E-state index in [0.717, 1.165) is 0 Å². The van der Waals surface area contributed by atoms with Crippen molar-refractivity contribution in [3.63, 3.8) is 0 Å². The van der Waals surface area contributed by atoms with Crippen molar-refractivity contribution < 1.29 is 13.7 Å². The van der Waals surface area contributed by atoms with E-state index >= 15 is 0 Å². The van der Waals surface area contributed by atoms with Gasteiger partial charge < -0.3 is 14.6 Å². The zero-order valence-corrected chi connectivity index (χ0v) is 11.8. The Morgan fingerprint density at radius 3 is 3.05 bits per heavy atom. The van der Waals surface area contributed by atoms with Crippen molar-refractivity contribution in [2.45, 2.75) is 13.0 Å². The Hall–Kier alpha value is -1.50. The van der Waals surface area contributed by atoms with Crippen molar-refractivity contribution in [3.05, 3.63) is 46.3 Å². The molecule has 1 aromatic heterocycles. The summed E-state index contributed by atoms with van der Waals surface area (Å²) in [6.45, 7) is 1.74. The first kappa shape index (κ1) is 14.9. The molecule has 20 heavy (non-hydrogen) atoms. The first-order valence-electron chi connectivity index (χ1n) is 6.14. The average molecular weight is 300 g/mol. The molecule has 0 amide bonds. The lowest BCUT2D eigenvalue weighted by Crippen LogP contribution is -2.18. The molecule has 1 aromatic carbocycles. The molecule has 2 rings (SSSR count). The van der Waals surface area contributed by atoms with E-state index in [-0.39, 0.29) is 12.2 Å². The first-order chi connectivity index (χ1) is 9.70.